The molecule has 14 heavy (non-hydrogen) atoms. The minimum Gasteiger partial charge on any atom is -0.481 e. The van der Waals surface area contributed by atoms with Gasteiger partial charge in [0.25, 0.3) is 5.56 Å². The molecule has 0 saturated carbocycles. The van der Waals surface area contributed by atoms with Crippen LogP contribution in [0, 0.1) is 5.92 Å². The van der Waals surface area contributed by atoms with Gasteiger partial charge in [-0.05, 0) is 0 Å². The molecule has 5 nitrogen and oxygen atoms in total. The van der Waals surface area contributed by atoms with Gasteiger partial charge in [0.15, 0.2) is 5.16 Å². The van der Waals surface area contributed by atoms with Crippen molar-refractivity contribution in [2.24, 2.45) is 5.92 Å². The summed E-state index contributed by atoms with van der Waals surface area (Å²) in [5.74, 6) is -0.875. The number of carbonyl (C=O) groups is 1. The summed E-state index contributed by atoms with van der Waals surface area (Å²) in [4.78, 5) is 26.1. The Bertz CT molecular complexity index is 429. The van der Waals surface area contributed by atoms with Crippen LogP contribution in [-0.2, 0) is 11.3 Å². The molecular weight excluding hydrogens is 204 g/mol. The Kier molecular flexibility index (Phi) is 2.28. The molecule has 0 saturated heterocycles. The molecule has 0 aromatic carbocycles. The highest BCUT2D eigenvalue weighted by atomic mass is 32.2. The summed E-state index contributed by atoms with van der Waals surface area (Å²) in [5.41, 5.74) is -0.187. The van der Waals surface area contributed by atoms with Gasteiger partial charge in [-0.1, -0.05) is 11.8 Å². The van der Waals surface area contributed by atoms with E-state index in [9.17, 15) is 9.59 Å². The molecule has 1 N–H and O–H groups in total. The molecule has 1 unspecified atom stereocenters. The topological polar surface area (TPSA) is 72.2 Å². The SMILES string of the molecule is O=C(O)C1CSc2nccc(=O)n2C1. The standard InChI is InChI=1S/C8H8N2O3S/c11-6-1-2-9-8-10(6)3-5(4-14-8)7(12)13/h1-2,5H,3-4H2,(H,12,13). The summed E-state index contributed by atoms with van der Waals surface area (Å²) < 4.78 is 1.41. The lowest BCUT2D eigenvalue weighted by Gasteiger charge is -2.21. The summed E-state index contributed by atoms with van der Waals surface area (Å²) in [6, 6.07) is 1.34. The van der Waals surface area contributed by atoms with Gasteiger partial charge in [0.05, 0.1) is 5.92 Å². The fraction of sp³-hybridized carbons (Fsp3) is 0.375. The molecule has 0 amide bonds. The van der Waals surface area contributed by atoms with Crippen LogP contribution in [0.3, 0.4) is 0 Å². The molecular formula is C8H8N2O3S. The van der Waals surface area contributed by atoms with E-state index in [0.29, 0.717) is 10.9 Å². The second-order valence-electron chi connectivity index (χ2n) is 3.02. The largest absolute Gasteiger partial charge is 0.481 e. The Balaban J connectivity index is 2.38. The number of aliphatic carboxylic acids is 1. The lowest BCUT2D eigenvalue weighted by molar-refractivity contribution is -0.141. The first kappa shape index (κ1) is 9.26. The molecule has 6 heteroatoms. The highest BCUT2D eigenvalue weighted by Crippen LogP contribution is 2.24. The molecule has 1 aromatic heterocycles. The van der Waals surface area contributed by atoms with Crippen molar-refractivity contribution in [3.63, 3.8) is 0 Å². The van der Waals surface area contributed by atoms with Crippen molar-refractivity contribution in [1.82, 2.24) is 9.55 Å². The van der Waals surface area contributed by atoms with Crippen molar-refractivity contribution in [2.75, 3.05) is 5.75 Å². The van der Waals surface area contributed by atoms with Crippen LogP contribution >= 0.6 is 11.8 Å². The van der Waals surface area contributed by atoms with Crippen molar-refractivity contribution in [1.29, 1.82) is 0 Å². The van der Waals surface area contributed by atoms with Crippen LogP contribution < -0.4 is 5.56 Å². The van der Waals surface area contributed by atoms with Gasteiger partial charge in [0, 0.05) is 24.6 Å². The van der Waals surface area contributed by atoms with Crippen LogP contribution in [0.2, 0.25) is 0 Å². The van der Waals surface area contributed by atoms with Crippen molar-refractivity contribution in [2.45, 2.75) is 11.7 Å². The van der Waals surface area contributed by atoms with Crippen LogP contribution in [0.5, 0.6) is 0 Å². The molecule has 1 aliphatic rings. The van der Waals surface area contributed by atoms with Crippen molar-refractivity contribution >= 4 is 17.7 Å². The normalized spacial score (nSPS) is 20.1. The number of carboxylic acids is 1. The van der Waals surface area contributed by atoms with Crippen LogP contribution in [0.1, 0.15) is 0 Å². The summed E-state index contributed by atoms with van der Waals surface area (Å²) in [7, 11) is 0. The van der Waals surface area contributed by atoms with Gasteiger partial charge in [-0.3, -0.25) is 14.2 Å². The molecule has 2 rings (SSSR count). The molecule has 2 heterocycles. The van der Waals surface area contributed by atoms with Crippen molar-refractivity contribution < 1.29 is 9.90 Å². The van der Waals surface area contributed by atoms with E-state index in [1.165, 1.54) is 28.6 Å². The molecule has 74 valence electrons. The van der Waals surface area contributed by atoms with Crippen molar-refractivity contribution in [3.8, 4) is 0 Å². The van der Waals surface area contributed by atoms with Crippen LogP contribution in [-0.4, -0.2) is 26.4 Å². The first-order chi connectivity index (χ1) is 6.68. The molecule has 0 radical (unpaired) electrons. The van der Waals surface area contributed by atoms with E-state index < -0.39 is 11.9 Å². The molecule has 1 aliphatic heterocycles. The number of nitrogens with zero attached hydrogens (tertiary/aromatic N) is 2. The van der Waals surface area contributed by atoms with Crippen LogP contribution in [0.4, 0.5) is 0 Å². The fourth-order valence-corrected chi connectivity index (χ4v) is 2.35. The highest BCUT2D eigenvalue weighted by molar-refractivity contribution is 7.99. The maximum Gasteiger partial charge on any atom is 0.309 e. The Hall–Kier alpha value is -1.30. The number of aromatic nitrogens is 2. The zero-order valence-corrected chi connectivity index (χ0v) is 8.03. The first-order valence-corrected chi connectivity index (χ1v) is 5.08. The predicted molar refractivity (Wildman–Crippen MR) is 50.3 cm³/mol. The van der Waals surface area contributed by atoms with Gasteiger partial charge in [-0.2, -0.15) is 0 Å². The first-order valence-electron chi connectivity index (χ1n) is 4.10. The Labute approximate surface area is 83.8 Å². The smallest absolute Gasteiger partial charge is 0.309 e. The minimum atomic E-state index is -0.862. The number of rotatable bonds is 1. The lowest BCUT2D eigenvalue weighted by Crippen LogP contribution is -2.33. The average Bonchev–Trinajstić information content (AvgIpc) is 2.18. The maximum absolute atomic E-state index is 11.3. The fourth-order valence-electron chi connectivity index (χ4n) is 1.30. The minimum absolute atomic E-state index is 0.187. The summed E-state index contributed by atoms with van der Waals surface area (Å²) >= 11 is 1.31. The van der Waals surface area contributed by atoms with Gasteiger partial charge in [-0.15, -0.1) is 0 Å². The molecule has 0 aliphatic carbocycles. The van der Waals surface area contributed by atoms with E-state index in [1.807, 2.05) is 0 Å². The number of thioether (sulfide) groups is 1. The quantitative estimate of drug-likeness (QED) is 0.666. The van der Waals surface area contributed by atoms with Crippen LogP contribution in [0.25, 0.3) is 0 Å². The number of carboxylic acid groups (broad SMARTS) is 1. The van der Waals surface area contributed by atoms with E-state index in [0.717, 1.165) is 0 Å². The molecule has 0 bridgehead atoms. The Morgan fingerprint density at radius 3 is 3.21 bits per heavy atom. The summed E-state index contributed by atoms with van der Waals surface area (Å²) in [6.07, 6.45) is 1.45. The van der Waals surface area contributed by atoms with E-state index in [2.05, 4.69) is 4.98 Å². The van der Waals surface area contributed by atoms with Gasteiger partial charge in [0.1, 0.15) is 0 Å². The van der Waals surface area contributed by atoms with E-state index >= 15 is 0 Å². The van der Waals surface area contributed by atoms with Gasteiger partial charge in [0.2, 0.25) is 0 Å². The summed E-state index contributed by atoms with van der Waals surface area (Å²) in [6.45, 7) is 0.227. The third kappa shape index (κ3) is 1.52. The number of fused-ring (bicyclic) bond motifs is 1. The van der Waals surface area contributed by atoms with E-state index in [1.54, 1.807) is 0 Å². The maximum atomic E-state index is 11.3. The average molecular weight is 212 g/mol. The predicted octanol–water partition coefficient (Wildman–Crippen LogP) is 0.0498. The second kappa shape index (κ2) is 3.45. The lowest BCUT2D eigenvalue weighted by atomic mass is 10.2. The Morgan fingerprint density at radius 1 is 1.71 bits per heavy atom. The third-order valence-electron chi connectivity index (χ3n) is 2.06. The van der Waals surface area contributed by atoms with Gasteiger partial charge >= 0.3 is 5.97 Å². The van der Waals surface area contributed by atoms with E-state index in [4.69, 9.17) is 5.11 Å². The molecule has 1 aromatic rings. The molecule has 1 atom stereocenters. The Morgan fingerprint density at radius 2 is 2.50 bits per heavy atom. The molecule has 0 fully saturated rings. The molecule has 0 spiro atoms. The number of hydrogen-bond donors (Lipinski definition) is 1. The van der Waals surface area contributed by atoms with Gasteiger partial charge in [-0.25, -0.2) is 4.98 Å². The third-order valence-corrected chi connectivity index (χ3v) is 3.22. The van der Waals surface area contributed by atoms with Crippen LogP contribution in [0.15, 0.2) is 22.2 Å². The van der Waals surface area contributed by atoms with E-state index in [-0.39, 0.29) is 12.1 Å². The monoisotopic (exact) mass is 212 g/mol. The zero-order chi connectivity index (χ0) is 10.1. The second-order valence-corrected chi connectivity index (χ2v) is 4.01. The summed E-state index contributed by atoms with van der Waals surface area (Å²) in [5, 5.41) is 9.41. The van der Waals surface area contributed by atoms with Crippen molar-refractivity contribution in [3.05, 3.63) is 22.6 Å². The zero-order valence-electron chi connectivity index (χ0n) is 7.21. The van der Waals surface area contributed by atoms with Gasteiger partial charge < -0.3 is 5.11 Å². The highest BCUT2D eigenvalue weighted by Gasteiger charge is 2.25. The number of hydrogen-bond acceptors (Lipinski definition) is 4.